The third-order valence-electron chi connectivity index (χ3n) is 2.48. The Kier molecular flexibility index (Phi) is 2.86. The third-order valence-corrected chi connectivity index (χ3v) is 2.48. The van der Waals surface area contributed by atoms with Crippen LogP contribution in [0.1, 0.15) is 16.7 Å². The lowest BCUT2D eigenvalue weighted by atomic mass is 10.1. The summed E-state index contributed by atoms with van der Waals surface area (Å²) in [6.45, 7) is 6.28. The first-order valence-electron chi connectivity index (χ1n) is 5.28. The molecule has 0 atom stereocenters. The zero-order valence-corrected chi connectivity index (χ0v) is 9.78. The molecule has 0 aliphatic carbocycles. The normalized spacial score (nSPS) is 10.2. The maximum absolute atomic E-state index is 4.16. The highest BCUT2D eigenvalue weighted by Crippen LogP contribution is 2.23. The van der Waals surface area contributed by atoms with Gasteiger partial charge >= 0.3 is 0 Å². The summed E-state index contributed by atoms with van der Waals surface area (Å²) in [5.74, 6) is 0.637. The molecule has 3 heteroatoms. The molecule has 0 saturated carbocycles. The van der Waals surface area contributed by atoms with Crippen molar-refractivity contribution < 1.29 is 0 Å². The van der Waals surface area contributed by atoms with Gasteiger partial charge in [0.25, 0.3) is 0 Å². The Morgan fingerprint density at radius 3 is 2.06 bits per heavy atom. The van der Waals surface area contributed by atoms with E-state index in [9.17, 15) is 0 Å². The fourth-order valence-electron chi connectivity index (χ4n) is 1.85. The summed E-state index contributed by atoms with van der Waals surface area (Å²) in [5, 5.41) is 3.25. The van der Waals surface area contributed by atoms with Crippen LogP contribution in [0.5, 0.6) is 0 Å². The van der Waals surface area contributed by atoms with E-state index in [0.29, 0.717) is 5.95 Å². The number of nitrogens with one attached hydrogen (secondary N) is 1. The van der Waals surface area contributed by atoms with Gasteiger partial charge in [0.1, 0.15) is 0 Å². The Morgan fingerprint density at radius 2 is 1.50 bits per heavy atom. The van der Waals surface area contributed by atoms with Crippen LogP contribution in [-0.4, -0.2) is 9.97 Å². The predicted molar refractivity (Wildman–Crippen MR) is 66.0 cm³/mol. The maximum atomic E-state index is 4.16. The van der Waals surface area contributed by atoms with Crippen molar-refractivity contribution in [2.75, 3.05) is 5.32 Å². The van der Waals surface area contributed by atoms with Crippen LogP contribution in [0.3, 0.4) is 0 Å². The van der Waals surface area contributed by atoms with E-state index < -0.39 is 0 Å². The summed E-state index contributed by atoms with van der Waals surface area (Å²) in [4.78, 5) is 8.31. The summed E-state index contributed by atoms with van der Waals surface area (Å²) >= 11 is 0. The van der Waals surface area contributed by atoms with Gasteiger partial charge < -0.3 is 5.32 Å². The van der Waals surface area contributed by atoms with E-state index in [1.807, 2.05) is 0 Å². The van der Waals surface area contributed by atoms with Crippen LogP contribution in [0.15, 0.2) is 30.6 Å². The molecule has 1 heterocycles. The van der Waals surface area contributed by atoms with Gasteiger partial charge in [-0.25, -0.2) is 9.97 Å². The van der Waals surface area contributed by atoms with Crippen LogP contribution in [0.2, 0.25) is 0 Å². The van der Waals surface area contributed by atoms with Crippen LogP contribution in [0.4, 0.5) is 11.6 Å². The smallest absolute Gasteiger partial charge is 0.227 e. The molecule has 0 spiro atoms. The molecule has 1 N–H and O–H groups in total. The molecule has 2 aromatic rings. The molecule has 0 saturated heterocycles. The van der Waals surface area contributed by atoms with Gasteiger partial charge in [-0.05, 0) is 38.0 Å². The number of hydrogen-bond donors (Lipinski definition) is 1. The van der Waals surface area contributed by atoms with Crippen molar-refractivity contribution >= 4 is 11.6 Å². The lowest BCUT2D eigenvalue weighted by Crippen LogP contribution is -2.00. The Hall–Kier alpha value is -1.90. The van der Waals surface area contributed by atoms with Crippen molar-refractivity contribution in [3.63, 3.8) is 0 Å². The highest BCUT2D eigenvalue weighted by Gasteiger charge is 2.04. The monoisotopic (exact) mass is 213 g/mol. The van der Waals surface area contributed by atoms with E-state index in [1.165, 1.54) is 16.7 Å². The Morgan fingerprint density at radius 1 is 0.938 bits per heavy atom. The molecule has 0 amide bonds. The summed E-state index contributed by atoms with van der Waals surface area (Å²) < 4.78 is 0. The van der Waals surface area contributed by atoms with Gasteiger partial charge in [-0.2, -0.15) is 0 Å². The van der Waals surface area contributed by atoms with Crippen molar-refractivity contribution in [3.05, 3.63) is 47.3 Å². The van der Waals surface area contributed by atoms with E-state index in [-0.39, 0.29) is 0 Å². The van der Waals surface area contributed by atoms with Gasteiger partial charge in [-0.3, -0.25) is 0 Å². The first-order chi connectivity index (χ1) is 7.66. The molecule has 0 bridgehead atoms. The Balaban J connectivity index is 2.35. The van der Waals surface area contributed by atoms with E-state index in [1.54, 1.807) is 18.5 Å². The zero-order valence-electron chi connectivity index (χ0n) is 9.78. The van der Waals surface area contributed by atoms with Gasteiger partial charge in [0.15, 0.2) is 0 Å². The molecule has 1 aromatic heterocycles. The van der Waals surface area contributed by atoms with Crippen molar-refractivity contribution in [3.8, 4) is 0 Å². The molecule has 0 aliphatic rings. The van der Waals surface area contributed by atoms with Crippen molar-refractivity contribution in [1.82, 2.24) is 9.97 Å². The first-order valence-corrected chi connectivity index (χ1v) is 5.28. The van der Waals surface area contributed by atoms with E-state index in [4.69, 9.17) is 0 Å². The summed E-state index contributed by atoms with van der Waals surface area (Å²) in [5.41, 5.74) is 4.79. The first kappa shape index (κ1) is 10.6. The van der Waals surface area contributed by atoms with Gasteiger partial charge in [-0.1, -0.05) is 17.7 Å². The van der Waals surface area contributed by atoms with Crippen molar-refractivity contribution in [2.24, 2.45) is 0 Å². The second kappa shape index (κ2) is 4.31. The van der Waals surface area contributed by atoms with E-state index in [2.05, 4.69) is 48.2 Å². The summed E-state index contributed by atoms with van der Waals surface area (Å²) in [7, 11) is 0. The average molecular weight is 213 g/mol. The number of nitrogens with zero attached hydrogens (tertiary/aromatic N) is 2. The number of rotatable bonds is 2. The largest absolute Gasteiger partial charge is 0.324 e. The number of aromatic nitrogens is 2. The van der Waals surface area contributed by atoms with Crippen LogP contribution < -0.4 is 5.32 Å². The maximum Gasteiger partial charge on any atom is 0.227 e. The molecule has 82 valence electrons. The molecule has 16 heavy (non-hydrogen) atoms. The van der Waals surface area contributed by atoms with Crippen LogP contribution in [-0.2, 0) is 0 Å². The Bertz CT molecular complexity index is 469. The quantitative estimate of drug-likeness (QED) is 0.832. The number of hydrogen-bond acceptors (Lipinski definition) is 3. The SMILES string of the molecule is Cc1cc(C)c(Nc2ncccn2)c(C)c1. The minimum atomic E-state index is 0.637. The van der Waals surface area contributed by atoms with E-state index >= 15 is 0 Å². The molecule has 0 aliphatic heterocycles. The molecular formula is C13H15N3. The predicted octanol–water partition coefficient (Wildman–Crippen LogP) is 3.15. The standard InChI is InChI=1S/C13H15N3/c1-9-7-10(2)12(11(3)8-9)16-13-14-5-4-6-15-13/h4-8H,1-3H3,(H,14,15,16). The number of aryl methyl sites for hydroxylation is 3. The lowest BCUT2D eigenvalue weighted by molar-refractivity contribution is 1.15. The highest BCUT2D eigenvalue weighted by molar-refractivity contribution is 5.63. The fraction of sp³-hybridized carbons (Fsp3) is 0.231. The molecule has 0 unspecified atom stereocenters. The van der Waals surface area contributed by atoms with Crippen LogP contribution >= 0.6 is 0 Å². The zero-order chi connectivity index (χ0) is 11.5. The van der Waals surface area contributed by atoms with Crippen LogP contribution in [0.25, 0.3) is 0 Å². The second-order valence-electron chi connectivity index (χ2n) is 3.97. The number of benzene rings is 1. The minimum absolute atomic E-state index is 0.637. The van der Waals surface area contributed by atoms with Crippen molar-refractivity contribution in [1.29, 1.82) is 0 Å². The van der Waals surface area contributed by atoms with Crippen LogP contribution in [0, 0.1) is 20.8 Å². The second-order valence-corrected chi connectivity index (χ2v) is 3.97. The van der Waals surface area contributed by atoms with Crippen molar-refractivity contribution in [2.45, 2.75) is 20.8 Å². The summed E-state index contributed by atoms with van der Waals surface area (Å²) in [6, 6.07) is 6.11. The highest BCUT2D eigenvalue weighted by atomic mass is 15.1. The topological polar surface area (TPSA) is 37.8 Å². The van der Waals surface area contributed by atoms with E-state index in [0.717, 1.165) is 5.69 Å². The number of anilines is 2. The molecule has 2 rings (SSSR count). The third kappa shape index (κ3) is 2.19. The summed E-state index contributed by atoms with van der Waals surface area (Å²) in [6.07, 6.45) is 3.46. The Labute approximate surface area is 95.6 Å². The molecule has 0 fully saturated rings. The van der Waals surface area contributed by atoms with Gasteiger partial charge in [0, 0.05) is 18.1 Å². The molecule has 0 radical (unpaired) electrons. The fourth-order valence-corrected chi connectivity index (χ4v) is 1.85. The van der Waals surface area contributed by atoms with Gasteiger partial charge in [0.05, 0.1) is 0 Å². The average Bonchev–Trinajstić information content (AvgIpc) is 2.25. The van der Waals surface area contributed by atoms with Gasteiger partial charge in [0.2, 0.25) is 5.95 Å². The molecular weight excluding hydrogens is 198 g/mol. The lowest BCUT2D eigenvalue weighted by Gasteiger charge is -2.12. The molecule has 3 nitrogen and oxygen atoms in total. The minimum Gasteiger partial charge on any atom is -0.324 e. The molecule has 1 aromatic carbocycles. The van der Waals surface area contributed by atoms with Gasteiger partial charge in [-0.15, -0.1) is 0 Å².